The minimum Gasteiger partial charge on any atom is -0.366 e. The number of hydrogen-bond donors (Lipinski definition) is 3. The molecule has 1 heterocycles. The number of carbonyl (C=O) groups excluding carboxylic acids is 2. The Balaban J connectivity index is 1.36. The number of benzene rings is 3. The number of primary amides is 1. The summed E-state index contributed by atoms with van der Waals surface area (Å²) < 4.78 is 28.7. The van der Waals surface area contributed by atoms with Crippen LogP contribution >= 0.6 is 0 Å². The van der Waals surface area contributed by atoms with Crippen LogP contribution in [0.1, 0.15) is 27.3 Å². The number of aromatic nitrogens is 2. The molecule has 3 aromatic carbocycles. The molecule has 0 aliphatic heterocycles. The molecule has 4 N–H and O–H groups in total. The number of aryl methyl sites for hydroxylation is 1. The zero-order valence-corrected chi connectivity index (χ0v) is 21.2. The van der Waals surface area contributed by atoms with Crippen molar-refractivity contribution in [3.05, 3.63) is 101 Å². The molecule has 0 saturated heterocycles. The number of nitrogens with zero attached hydrogens (tertiary/aromatic N) is 2. The average molecular weight is 518 g/mol. The lowest BCUT2D eigenvalue weighted by molar-refractivity contribution is 0.1000. The lowest BCUT2D eigenvalue weighted by atomic mass is 10.0. The monoisotopic (exact) mass is 517 g/mol. The van der Waals surface area contributed by atoms with E-state index in [9.17, 15) is 18.0 Å². The van der Waals surface area contributed by atoms with Crippen LogP contribution in [0.3, 0.4) is 0 Å². The van der Waals surface area contributed by atoms with Crippen molar-refractivity contribution in [3.63, 3.8) is 0 Å². The van der Waals surface area contributed by atoms with E-state index in [0.29, 0.717) is 6.42 Å². The Labute approximate surface area is 215 Å². The number of nitrogens with two attached hydrogens (primary N) is 1. The van der Waals surface area contributed by atoms with Crippen molar-refractivity contribution in [2.75, 3.05) is 6.54 Å². The predicted octanol–water partition coefficient (Wildman–Crippen LogP) is 3.49. The summed E-state index contributed by atoms with van der Waals surface area (Å²) in [5, 5.41) is 7.26. The molecule has 0 saturated carbocycles. The first-order chi connectivity index (χ1) is 17.7. The number of amides is 3. The Kier molecular flexibility index (Phi) is 7.40. The molecule has 190 valence electrons. The van der Waals surface area contributed by atoms with Gasteiger partial charge in [-0.1, -0.05) is 48.5 Å². The normalized spacial score (nSPS) is 11.2. The second-order valence-corrected chi connectivity index (χ2v) is 10.2. The molecule has 9 nitrogen and oxygen atoms in total. The number of urea groups is 1. The highest BCUT2D eigenvalue weighted by atomic mass is 32.2. The molecule has 0 atom stereocenters. The fraction of sp³-hybridized carbons (Fsp3) is 0.148. The van der Waals surface area contributed by atoms with Gasteiger partial charge in [-0.25, -0.2) is 22.6 Å². The average Bonchev–Trinajstić information content (AvgIpc) is 3.18. The number of nitrogens with one attached hydrogen (secondary N) is 2. The third kappa shape index (κ3) is 5.87. The van der Waals surface area contributed by atoms with Gasteiger partial charge >= 0.3 is 6.03 Å². The third-order valence-electron chi connectivity index (χ3n) is 5.89. The van der Waals surface area contributed by atoms with E-state index >= 15 is 0 Å². The second-order valence-electron chi connectivity index (χ2n) is 8.49. The zero-order chi connectivity index (χ0) is 26.6. The van der Waals surface area contributed by atoms with E-state index in [1.807, 2.05) is 65.7 Å². The minimum atomic E-state index is -4.15. The summed E-state index contributed by atoms with van der Waals surface area (Å²) in [7, 11) is -4.15. The summed E-state index contributed by atoms with van der Waals surface area (Å²) in [4.78, 5) is 23.2. The Morgan fingerprint density at radius 3 is 2.32 bits per heavy atom. The first kappa shape index (κ1) is 25.6. The van der Waals surface area contributed by atoms with E-state index in [0.717, 1.165) is 39.8 Å². The van der Waals surface area contributed by atoms with Gasteiger partial charge < -0.3 is 11.1 Å². The quantitative estimate of drug-likeness (QED) is 0.329. The van der Waals surface area contributed by atoms with E-state index in [2.05, 4.69) is 17.4 Å². The van der Waals surface area contributed by atoms with Crippen molar-refractivity contribution in [3.8, 4) is 16.8 Å². The number of hydrogen-bond acceptors (Lipinski definition) is 5. The third-order valence-corrected chi connectivity index (χ3v) is 7.22. The minimum absolute atomic E-state index is 0.0310. The molecule has 3 amide bonds. The molecule has 0 radical (unpaired) electrons. The van der Waals surface area contributed by atoms with Crippen molar-refractivity contribution >= 4 is 22.0 Å². The molecular formula is C27H27N5O4S. The predicted molar refractivity (Wildman–Crippen MR) is 141 cm³/mol. The van der Waals surface area contributed by atoms with Gasteiger partial charge in [-0.15, -0.1) is 0 Å². The SMILES string of the molecule is Cc1nn(-c2ccc(CCNC(=O)NS(=O)(=O)c3cccc(C(N)=O)c3)cc2)c(C)c1-c1ccccc1. The molecule has 0 spiro atoms. The highest BCUT2D eigenvalue weighted by Gasteiger charge is 2.19. The van der Waals surface area contributed by atoms with Crippen LogP contribution in [-0.4, -0.2) is 36.7 Å². The topological polar surface area (TPSA) is 136 Å². The van der Waals surface area contributed by atoms with Gasteiger partial charge in [0, 0.05) is 23.4 Å². The van der Waals surface area contributed by atoms with Crippen LogP contribution in [-0.2, 0) is 16.4 Å². The Morgan fingerprint density at radius 2 is 1.65 bits per heavy atom. The first-order valence-corrected chi connectivity index (χ1v) is 13.1. The van der Waals surface area contributed by atoms with Gasteiger partial charge in [-0.05, 0) is 61.7 Å². The van der Waals surface area contributed by atoms with Gasteiger partial charge in [0.25, 0.3) is 10.0 Å². The van der Waals surface area contributed by atoms with Crippen LogP contribution in [0.5, 0.6) is 0 Å². The van der Waals surface area contributed by atoms with Crippen LogP contribution in [0.25, 0.3) is 16.8 Å². The summed E-state index contributed by atoms with van der Waals surface area (Å²) in [5.74, 6) is -0.762. The van der Waals surface area contributed by atoms with Gasteiger partial charge in [-0.2, -0.15) is 5.10 Å². The lowest BCUT2D eigenvalue weighted by Gasteiger charge is -2.10. The number of sulfonamides is 1. The molecule has 0 fully saturated rings. The molecule has 0 aliphatic carbocycles. The maximum absolute atomic E-state index is 12.4. The van der Waals surface area contributed by atoms with Crippen molar-refractivity contribution < 1.29 is 18.0 Å². The lowest BCUT2D eigenvalue weighted by Crippen LogP contribution is -2.40. The molecule has 0 aliphatic rings. The van der Waals surface area contributed by atoms with Crippen LogP contribution in [0.15, 0.2) is 83.8 Å². The Hall–Kier alpha value is -4.44. The molecule has 1 aromatic heterocycles. The van der Waals surface area contributed by atoms with Crippen molar-refractivity contribution in [1.82, 2.24) is 19.8 Å². The second kappa shape index (κ2) is 10.7. The molecule has 0 bridgehead atoms. The summed E-state index contributed by atoms with van der Waals surface area (Å²) in [6.07, 6.45) is 0.497. The van der Waals surface area contributed by atoms with Crippen LogP contribution in [0, 0.1) is 13.8 Å². The van der Waals surface area contributed by atoms with Gasteiger partial charge in [0.15, 0.2) is 0 Å². The van der Waals surface area contributed by atoms with E-state index in [-0.39, 0.29) is 17.0 Å². The van der Waals surface area contributed by atoms with Crippen molar-refractivity contribution in [2.24, 2.45) is 5.73 Å². The van der Waals surface area contributed by atoms with Gasteiger partial charge in [0.1, 0.15) is 0 Å². The number of rotatable bonds is 8. The maximum Gasteiger partial charge on any atom is 0.328 e. The zero-order valence-electron chi connectivity index (χ0n) is 20.4. The van der Waals surface area contributed by atoms with Crippen LogP contribution in [0.2, 0.25) is 0 Å². The van der Waals surface area contributed by atoms with Crippen LogP contribution in [0.4, 0.5) is 4.79 Å². The highest BCUT2D eigenvalue weighted by molar-refractivity contribution is 7.90. The molecular weight excluding hydrogens is 490 g/mol. The smallest absolute Gasteiger partial charge is 0.328 e. The largest absolute Gasteiger partial charge is 0.366 e. The van der Waals surface area contributed by atoms with E-state index in [4.69, 9.17) is 10.8 Å². The Bertz CT molecular complexity index is 1550. The van der Waals surface area contributed by atoms with Crippen LogP contribution < -0.4 is 15.8 Å². The fourth-order valence-electron chi connectivity index (χ4n) is 4.07. The molecule has 0 unspecified atom stereocenters. The summed E-state index contributed by atoms with van der Waals surface area (Å²) in [5.41, 5.74) is 11.3. The molecule has 4 aromatic rings. The van der Waals surface area contributed by atoms with E-state index < -0.39 is 22.0 Å². The first-order valence-electron chi connectivity index (χ1n) is 11.6. The van der Waals surface area contributed by atoms with Crippen molar-refractivity contribution in [2.45, 2.75) is 25.2 Å². The van der Waals surface area contributed by atoms with Crippen molar-refractivity contribution in [1.29, 1.82) is 0 Å². The summed E-state index contributed by atoms with van der Waals surface area (Å²) in [6, 6.07) is 22.2. The Morgan fingerprint density at radius 1 is 0.946 bits per heavy atom. The fourth-order valence-corrected chi connectivity index (χ4v) is 5.05. The van der Waals surface area contributed by atoms with Gasteiger partial charge in [0.2, 0.25) is 5.91 Å². The molecule has 37 heavy (non-hydrogen) atoms. The summed E-state index contributed by atoms with van der Waals surface area (Å²) >= 11 is 0. The summed E-state index contributed by atoms with van der Waals surface area (Å²) in [6.45, 7) is 4.25. The molecule has 10 heteroatoms. The van der Waals surface area contributed by atoms with E-state index in [1.165, 1.54) is 18.2 Å². The van der Waals surface area contributed by atoms with Gasteiger partial charge in [0.05, 0.1) is 16.3 Å². The number of carbonyl (C=O) groups is 2. The van der Waals surface area contributed by atoms with Gasteiger partial charge in [-0.3, -0.25) is 4.79 Å². The van der Waals surface area contributed by atoms with E-state index in [1.54, 1.807) is 0 Å². The molecule has 4 rings (SSSR count). The standard InChI is InChI=1S/C27H27N5O4S/c1-18-25(21-7-4-3-5-8-21)19(2)32(30-18)23-13-11-20(12-14-23)15-16-29-27(34)31-37(35,36)24-10-6-9-22(17-24)26(28)33/h3-14,17H,15-16H2,1-2H3,(H2,28,33)(H2,29,31,34). The highest BCUT2D eigenvalue weighted by Crippen LogP contribution is 2.28. The maximum atomic E-state index is 12.4.